The number of carbonyl (C=O) groups is 2. The van der Waals surface area contributed by atoms with Gasteiger partial charge in [-0.25, -0.2) is 8.42 Å². The van der Waals surface area contributed by atoms with E-state index in [9.17, 15) is 31.2 Å². The van der Waals surface area contributed by atoms with Gasteiger partial charge < -0.3 is 9.64 Å². The molecule has 0 saturated carbocycles. The molecule has 2 aromatic carbocycles. The molecule has 1 saturated heterocycles. The molecule has 0 unspecified atom stereocenters. The molecule has 0 aromatic heterocycles. The van der Waals surface area contributed by atoms with E-state index in [0.717, 1.165) is 22.5 Å². The van der Waals surface area contributed by atoms with Gasteiger partial charge in [0.2, 0.25) is 15.9 Å². The van der Waals surface area contributed by atoms with Crippen LogP contribution in [0.2, 0.25) is 0 Å². The zero-order chi connectivity index (χ0) is 24.0. The number of fused-ring (bicyclic) bond motifs is 2. The highest BCUT2D eigenvalue weighted by atomic mass is 32.2. The Balaban J connectivity index is 1.64. The molecule has 0 radical (unpaired) electrons. The van der Waals surface area contributed by atoms with Crippen molar-refractivity contribution in [3.8, 4) is 0 Å². The molecule has 2 aliphatic heterocycles. The second-order valence-corrected chi connectivity index (χ2v) is 9.87. The van der Waals surface area contributed by atoms with Crippen molar-refractivity contribution in [3.63, 3.8) is 0 Å². The van der Waals surface area contributed by atoms with Crippen LogP contribution in [0.5, 0.6) is 0 Å². The van der Waals surface area contributed by atoms with Crippen LogP contribution >= 0.6 is 0 Å². The van der Waals surface area contributed by atoms with Crippen LogP contribution in [-0.4, -0.2) is 51.3 Å². The maximum atomic E-state index is 13.4. The summed E-state index contributed by atoms with van der Waals surface area (Å²) in [6, 6.07) is 11.0. The van der Waals surface area contributed by atoms with Gasteiger partial charge in [-0.1, -0.05) is 30.3 Å². The third-order valence-corrected chi connectivity index (χ3v) is 8.22. The molecule has 1 amide bonds. The molecule has 2 heterocycles. The minimum Gasteiger partial charge on any atom is -0.468 e. The monoisotopic (exact) mass is 482 g/mol. The van der Waals surface area contributed by atoms with Crippen molar-refractivity contribution in [2.24, 2.45) is 0 Å². The number of hydrogen-bond donors (Lipinski definition) is 0. The van der Waals surface area contributed by atoms with E-state index in [1.807, 2.05) is 0 Å². The first-order valence-electron chi connectivity index (χ1n) is 10.2. The standard InChI is InChI=1S/C22H21F3N2O5S/c1-32-19(28)14-27-17-8-4-2-6-15(17)21(20(27)29)10-12-26(13-11-21)33(30,31)18-9-5-3-7-16(18)22(23,24)25/h2-9H,10-14H2,1H3. The minimum absolute atomic E-state index is 0.0773. The normalized spacial score (nSPS) is 18.4. The molecular weight excluding hydrogens is 461 g/mol. The SMILES string of the molecule is COC(=O)CN1C(=O)C2(CCN(S(=O)(=O)c3ccccc3C(F)(F)F)CC2)c2ccccc21. The van der Waals surface area contributed by atoms with E-state index >= 15 is 0 Å². The summed E-state index contributed by atoms with van der Waals surface area (Å²) in [6.07, 6.45) is -4.67. The van der Waals surface area contributed by atoms with Crippen LogP contribution in [0.15, 0.2) is 53.4 Å². The van der Waals surface area contributed by atoms with Crippen LogP contribution in [0.25, 0.3) is 0 Å². The van der Waals surface area contributed by atoms with Crippen LogP contribution in [0.4, 0.5) is 18.9 Å². The Kier molecular flexibility index (Phi) is 5.73. The van der Waals surface area contributed by atoms with Gasteiger partial charge in [-0.05, 0) is 36.6 Å². The maximum absolute atomic E-state index is 13.4. The van der Waals surface area contributed by atoms with Gasteiger partial charge in [-0.15, -0.1) is 0 Å². The fourth-order valence-electron chi connectivity index (χ4n) is 4.60. The van der Waals surface area contributed by atoms with Crippen LogP contribution in [-0.2, 0) is 35.9 Å². The molecule has 2 aromatic rings. The van der Waals surface area contributed by atoms with Crippen LogP contribution in [0, 0.1) is 0 Å². The Morgan fingerprint density at radius 3 is 2.30 bits per heavy atom. The van der Waals surface area contributed by atoms with Crippen molar-refractivity contribution in [2.45, 2.75) is 29.3 Å². The predicted molar refractivity (Wildman–Crippen MR) is 112 cm³/mol. The number of sulfonamides is 1. The number of piperidine rings is 1. The lowest BCUT2D eigenvalue weighted by Gasteiger charge is -2.38. The summed E-state index contributed by atoms with van der Waals surface area (Å²) in [5.74, 6) is -0.944. The van der Waals surface area contributed by atoms with Crippen LogP contribution < -0.4 is 4.90 Å². The Morgan fingerprint density at radius 2 is 1.67 bits per heavy atom. The number of ether oxygens (including phenoxy) is 1. The maximum Gasteiger partial charge on any atom is 0.417 e. The topological polar surface area (TPSA) is 84.0 Å². The number of alkyl halides is 3. The zero-order valence-electron chi connectivity index (χ0n) is 17.6. The zero-order valence-corrected chi connectivity index (χ0v) is 18.4. The van der Waals surface area contributed by atoms with Gasteiger partial charge in [0.25, 0.3) is 0 Å². The summed E-state index contributed by atoms with van der Waals surface area (Å²) in [5.41, 5.74) is -1.06. The molecule has 0 bridgehead atoms. The second-order valence-electron chi connectivity index (χ2n) is 7.96. The van der Waals surface area contributed by atoms with Gasteiger partial charge >= 0.3 is 12.1 Å². The lowest BCUT2D eigenvalue weighted by Crippen LogP contribution is -2.50. The third-order valence-electron chi connectivity index (χ3n) is 6.27. The van der Waals surface area contributed by atoms with Crippen molar-refractivity contribution in [1.29, 1.82) is 0 Å². The number of amides is 1. The summed E-state index contributed by atoms with van der Waals surface area (Å²) in [5, 5.41) is 0. The summed E-state index contributed by atoms with van der Waals surface area (Å²) < 4.78 is 72.1. The van der Waals surface area contributed by atoms with Gasteiger partial charge in [0, 0.05) is 18.8 Å². The van der Waals surface area contributed by atoms with Gasteiger partial charge in [0.15, 0.2) is 0 Å². The number of benzene rings is 2. The molecule has 33 heavy (non-hydrogen) atoms. The second kappa shape index (κ2) is 8.14. The van der Waals surface area contributed by atoms with Crippen molar-refractivity contribution in [2.75, 3.05) is 31.6 Å². The van der Waals surface area contributed by atoms with E-state index < -0.39 is 38.0 Å². The molecule has 0 N–H and O–H groups in total. The van der Waals surface area contributed by atoms with Crippen molar-refractivity contribution in [3.05, 3.63) is 59.7 Å². The summed E-state index contributed by atoms with van der Waals surface area (Å²) >= 11 is 0. The third kappa shape index (κ3) is 3.78. The van der Waals surface area contributed by atoms with Gasteiger partial charge in [0.05, 0.1) is 23.0 Å². The van der Waals surface area contributed by atoms with Crippen molar-refractivity contribution in [1.82, 2.24) is 4.31 Å². The first-order chi connectivity index (χ1) is 15.5. The van der Waals surface area contributed by atoms with E-state index in [4.69, 9.17) is 0 Å². The number of halogens is 3. The highest BCUT2D eigenvalue weighted by molar-refractivity contribution is 7.89. The van der Waals surface area contributed by atoms with Crippen LogP contribution in [0.3, 0.4) is 0 Å². The van der Waals surface area contributed by atoms with Gasteiger partial charge in [-0.2, -0.15) is 17.5 Å². The van der Waals surface area contributed by atoms with Gasteiger partial charge in [0.1, 0.15) is 6.54 Å². The highest BCUT2D eigenvalue weighted by Crippen LogP contribution is 2.48. The molecule has 11 heteroatoms. The lowest BCUT2D eigenvalue weighted by molar-refractivity contribution is -0.140. The molecule has 0 atom stereocenters. The fourth-order valence-corrected chi connectivity index (χ4v) is 6.26. The average molecular weight is 482 g/mol. The first-order valence-corrected chi connectivity index (χ1v) is 11.6. The summed E-state index contributed by atoms with van der Waals surface area (Å²) in [4.78, 5) is 25.8. The Labute approximate surface area is 188 Å². The molecule has 0 aliphatic carbocycles. The molecule has 4 rings (SSSR count). The number of methoxy groups -OCH3 is 1. The number of para-hydroxylation sites is 1. The molecule has 1 spiro atoms. The highest BCUT2D eigenvalue weighted by Gasteiger charge is 2.53. The van der Waals surface area contributed by atoms with E-state index in [1.54, 1.807) is 24.3 Å². The largest absolute Gasteiger partial charge is 0.468 e. The fraction of sp³-hybridized carbons (Fsp3) is 0.364. The van der Waals surface area contributed by atoms with E-state index in [-0.39, 0.29) is 38.4 Å². The quantitative estimate of drug-likeness (QED) is 0.626. The summed E-state index contributed by atoms with van der Waals surface area (Å²) in [6.45, 7) is -0.559. The first kappa shape index (κ1) is 23.2. The molecule has 176 valence electrons. The lowest BCUT2D eigenvalue weighted by atomic mass is 9.74. The Morgan fingerprint density at radius 1 is 1.06 bits per heavy atom. The Bertz CT molecular complexity index is 1200. The Hall–Kier alpha value is -2.92. The predicted octanol–water partition coefficient (Wildman–Crippen LogP) is 2.95. The molecule has 7 nitrogen and oxygen atoms in total. The average Bonchev–Trinajstić information content (AvgIpc) is 3.01. The van der Waals surface area contributed by atoms with Crippen LogP contribution in [0.1, 0.15) is 24.0 Å². The van der Waals surface area contributed by atoms with Crippen molar-refractivity contribution >= 4 is 27.6 Å². The smallest absolute Gasteiger partial charge is 0.417 e. The van der Waals surface area contributed by atoms with Gasteiger partial charge in [-0.3, -0.25) is 9.59 Å². The van der Waals surface area contributed by atoms with E-state index in [0.29, 0.717) is 11.3 Å². The number of hydrogen-bond acceptors (Lipinski definition) is 5. The van der Waals surface area contributed by atoms with E-state index in [1.165, 1.54) is 18.1 Å². The number of nitrogens with zero attached hydrogens (tertiary/aromatic N) is 2. The number of anilines is 1. The number of carbonyl (C=O) groups excluding carboxylic acids is 2. The number of esters is 1. The van der Waals surface area contributed by atoms with E-state index in [2.05, 4.69) is 4.74 Å². The molecule has 1 fully saturated rings. The molecule has 2 aliphatic rings. The summed E-state index contributed by atoms with van der Waals surface area (Å²) in [7, 11) is -3.22. The van der Waals surface area contributed by atoms with Crippen molar-refractivity contribution < 1.29 is 35.9 Å². The minimum atomic E-state index is -4.82. The molecular formula is C22H21F3N2O5S. The number of rotatable bonds is 4.